The minimum atomic E-state index is -4.36. The minimum absolute atomic E-state index is 0.0521. The molecule has 0 bridgehead atoms. The molecule has 2 aliphatic rings. The largest absolute Gasteiger partial charge is 0.465 e. The highest BCUT2D eigenvalue weighted by molar-refractivity contribution is 5.89. The van der Waals surface area contributed by atoms with Gasteiger partial charge in [0.2, 0.25) is 0 Å². The Kier molecular flexibility index (Phi) is 5.02. The number of methoxy groups -OCH3 is 1. The maximum Gasteiger partial charge on any atom is 0.416 e. The molecule has 2 aromatic carbocycles. The molecule has 2 N–H and O–H groups in total. The number of hydrogen-bond donors (Lipinski definition) is 2. The van der Waals surface area contributed by atoms with Crippen molar-refractivity contribution in [1.29, 1.82) is 0 Å². The lowest BCUT2D eigenvalue weighted by Crippen LogP contribution is -2.43. The Morgan fingerprint density at radius 1 is 1.10 bits per heavy atom. The van der Waals surface area contributed by atoms with E-state index in [2.05, 4.69) is 10.6 Å². The number of fused-ring (bicyclic) bond motifs is 3. The predicted molar refractivity (Wildman–Crippen MR) is 104 cm³/mol. The molecular formula is C22H23F3N2O2. The molecule has 1 fully saturated rings. The van der Waals surface area contributed by atoms with Gasteiger partial charge < -0.3 is 15.4 Å². The summed E-state index contributed by atoms with van der Waals surface area (Å²) in [6.45, 7) is 2.72. The van der Waals surface area contributed by atoms with Gasteiger partial charge in [-0.25, -0.2) is 4.79 Å². The van der Waals surface area contributed by atoms with E-state index in [0.29, 0.717) is 11.1 Å². The molecule has 0 aliphatic carbocycles. The summed E-state index contributed by atoms with van der Waals surface area (Å²) in [6.07, 6.45) is -2.49. The van der Waals surface area contributed by atoms with E-state index in [4.69, 9.17) is 4.74 Å². The number of carbonyl (C=O) groups excluding carboxylic acids is 1. The summed E-state index contributed by atoms with van der Waals surface area (Å²) in [5.74, 6) is -0.277. The van der Waals surface area contributed by atoms with E-state index < -0.39 is 17.7 Å². The molecule has 29 heavy (non-hydrogen) atoms. The SMILES string of the molecule is COC(=O)c1ccc([C@@H]2Nc3ccc(C(F)(F)F)cc3[C@@H]3NCCC[C@@H]23)c(C)c1. The van der Waals surface area contributed by atoms with Crippen molar-refractivity contribution in [3.63, 3.8) is 0 Å². The van der Waals surface area contributed by atoms with Crippen LogP contribution in [0.2, 0.25) is 0 Å². The van der Waals surface area contributed by atoms with E-state index in [1.165, 1.54) is 19.2 Å². The number of piperidine rings is 1. The fourth-order valence-electron chi connectivity index (χ4n) is 4.59. The Hall–Kier alpha value is -2.54. The number of ether oxygens (including phenoxy) is 1. The maximum absolute atomic E-state index is 13.2. The van der Waals surface area contributed by atoms with E-state index in [1.807, 2.05) is 13.0 Å². The molecular weight excluding hydrogens is 381 g/mol. The van der Waals surface area contributed by atoms with Crippen molar-refractivity contribution >= 4 is 11.7 Å². The molecule has 2 aliphatic heterocycles. The van der Waals surface area contributed by atoms with Crippen LogP contribution in [0.4, 0.5) is 18.9 Å². The molecule has 4 rings (SSSR count). The number of halogens is 3. The third kappa shape index (κ3) is 3.59. The molecule has 3 atom stereocenters. The van der Waals surface area contributed by atoms with Gasteiger partial charge in [-0.15, -0.1) is 0 Å². The van der Waals surface area contributed by atoms with Gasteiger partial charge in [-0.05, 0) is 73.3 Å². The van der Waals surface area contributed by atoms with Gasteiger partial charge in [0.15, 0.2) is 0 Å². The highest BCUT2D eigenvalue weighted by atomic mass is 19.4. The quantitative estimate of drug-likeness (QED) is 0.691. The molecule has 7 heteroatoms. The smallest absolute Gasteiger partial charge is 0.416 e. The highest BCUT2D eigenvalue weighted by Gasteiger charge is 2.41. The Morgan fingerprint density at radius 2 is 1.90 bits per heavy atom. The van der Waals surface area contributed by atoms with Gasteiger partial charge in [-0.1, -0.05) is 6.07 Å². The molecule has 0 unspecified atom stereocenters. The summed E-state index contributed by atoms with van der Waals surface area (Å²) in [4.78, 5) is 11.8. The Balaban J connectivity index is 1.74. The van der Waals surface area contributed by atoms with Crippen molar-refractivity contribution in [2.24, 2.45) is 5.92 Å². The van der Waals surface area contributed by atoms with Crippen LogP contribution in [0.5, 0.6) is 0 Å². The lowest BCUT2D eigenvalue weighted by Gasteiger charge is -2.44. The number of hydrogen-bond acceptors (Lipinski definition) is 4. The van der Waals surface area contributed by atoms with Crippen LogP contribution in [0.3, 0.4) is 0 Å². The van der Waals surface area contributed by atoms with E-state index in [1.54, 1.807) is 12.1 Å². The Morgan fingerprint density at radius 3 is 2.59 bits per heavy atom. The van der Waals surface area contributed by atoms with Crippen LogP contribution in [0.1, 0.15) is 57.5 Å². The maximum atomic E-state index is 13.2. The van der Waals surface area contributed by atoms with E-state index in [-0.39, 0.29) is 18.0 Å². The molecule has 0 spiro atoms. The molecule has 154 valence electrons. The first kappa shape index (κ1) is 19.8. The number of rotatable bonds is 2. The average molecular weight is 404 g/mol. The van der Waals surface area contributed by atoms with E-state index in [0.717, 1.165) is 42.3 Å². The number of carbonyl (C=O) groups is 1. The average Bonchev–Trinajstić information content (AvgIpc) is 2.71. The van der Waals surface area contributed by atoms with Crippen molar-refractivity contribution in [3.8, 4) is 0 Å². The van der Waals surface area contributed by atoms with Gasteiger partial charge >= 0.3 is 12.1 Å². The molecule has 2 aromatic rings. The van der Waals surface area contributed by atoms with Gasteiger partial charge in [0.1, 0.15) is 0 Å². The molecule has 1 saturated heterocycles. The molecule has 0 radical (unpaired) electrons. The number of anilines is 1. The zero-order valence-electron chi connectivity index (χ0n) is 16.3. The second-order valence-electron chi connectivity index (χ2n) is 7.72. The monoisotopic (exact) mass is 404 g/mol. The van der Waals surface area contributed by atoms with Crippen molar-refractivity contribution in [2.45, 2.75) is 38.0 Å². The van der Waals surface area contributed by atoms with Crippen LogP contribution in [0.25, 0.3) is 0 Å². The van der Waals surface area contributed by atoms with Crippen molar-refractivity contribution in [2.75, 3.05) is 19.0 Å². The fraction of sp³-hybridized carbons (Fsp3) is 0.409. The molecule has 0 saturated carbocycles. The Bertz CT molecular complexity index is 942. The summed E-state index contributed by atoms with van der Waals surface area (Å²) < 4.78 is 44.5. The second-order valence-corrected chi connectivity index (χ2v) is 7.72. The number of benzene rings is 2. The lowest BCUT2D eigenvalue weighted by atomic mass is 9.74. The zero-order valence-corrected chi connectivity index (χ0v) is 16.3. The number of esters is 1. The second kappa shape index (κ2) is 7.37. The van der Waals surface area contributed by atoms with Crippen molar-refractivity contribution in [3.05, 3.63) is 64.2 Å². The topological polar surface area (TPSA) is 50.4 Å². The summed E-state index contributed by atoms with van der Waals surface area (Å²) in [5.41, 5.74) is 3.24. The summed E-state index contributed by atoms with van der Waals surface area (Å²) in [5, 5.41) is 6.90. The van der Waals surface area contributed by atoms with E-state index in [9.17, 15) is 18.0 Å². The fourth-order valence-corrected chi connectivity index (χ4v) is 4.59. The first-order valence-corrected chi connectivity index (χ1v) is 9.69. The van der Waals surface area contributed by atoms with Crippen LogP contribution in [0, 0.1) is 12.8 Å². The van der Waals surface area contributed by atoms with Gasteiger partial charge in [-0.2, -0.15) is 13.2 Å². The van der Waals surface area contributed by atoms with Gasteiger partial charge in [0, 0.05) is 17.6 Å². The highest BCUT2D eigenvalue weighted by Crippen LogP contribution is 2.48. The normalized spacial score (nSPS) is 23.6. The molecule has 0 aromatic heterocycles. The van der Waals surface area contributed by atoms with Gasteiger partial charge in [0.05, 0.1) is 24.3 Å². The lowest BCUT2D eigenvalue weighted by molar-refractivity contribution is -0.137. The Labute approximate surface area is 167 Å². The minimum Gasteiger partial charge on any atom is -0.465 e. The van der Waals surface area contributed by atoms with Crippen LogP contribution >= 0.6 is 0 Å². The van der Waals surface area contributed by atoms with Crippen LogP contribution < -0.4 is 10.6 Å². The van der Waals surface area contributed by atoms with Crippen molar-refractivity contribution in [1.82, 2.24) is 5.32 Å². The third-order valence-electron chi connectivity index (χ3n) is 5.99. The van der Waals surface area contributed by atoms with Gasteiger partial charge in [0.25, 0.3) is 0 Å². The zero-order chi connectivity index (χ0) is 20.8. The van der Waals surface area contributed by atoms with Crippen LogP contribution in [-0.2, 0) is 10.9 Å². The summed E-state index contributed by atoms with van der Waals surface area (Å²) >= 11 is 0. The number of nitrogens with one attached hydrogen (secondary N) is 2. The first-order chi connectivity index (χ1) is 13.8. The summed E-state index contributed by atoms with van der Waals surface area (Å²) in [6, 6.07) is 9.17. The third-order valence-corrected chi connectivity index (χ3v) is 5.99. The molecule has 0 amide bonds. The van der Waals surface area contributed by atoms with Crippen molar-refractivity contribution < 1.29 is 22.7 Å². The molecule has 2 heterocycles. The predicted octanol–water partition coefficient (Wildman–Crippen LogP) is 5.01. The van der Waals surface area contributed by atoms with Crippen LogP contribution in [-0.4, -0.2) is 19.6 Å². The number of aryl methyl sites for hydroxylation is 1. The van der Waals surface area contributed by atoms with Gasteiger partial charge in [-0.3, -0.25) is 0 Å². The number of alkyl halides is 3. The first-order valence-electron chi connectivity index (χ1n) is 9.69. The van der Waals surface area contributed by atoms with Crippen LogP contribution in [0.15, 0.2) is 36.4 Å². The van der Waals surface area contributed by atoms with E-state index >= 15 is 0 Å². The molecule has 4 nitrogen and oxygen atoms in total. The summed E-state index contributed by atoms with van der Waals surface area (Å²) in [7, 11) is 1.35. The standard InChI is InChI=1S/C22H23F3N2O2/c1-12-10-13(21(28)29-2)5-7-15(12)20-16-4-3-9-26-19(16)17-11-14(22(23,24)25)6-8-18(17)27-20/h5-8,10-11,16,19-20,26-27H,3-4,9H2,1-2H3/t16-,19-,20+/m1/s1.